The molecule has 0 bridgehead atoms. The Balaban J connectivity index is 2.15. The van der Waals surface area contributed by atoms with Crippen LogP contribution < -0.4 is 9.47 Å². The van der Waals surface area contributed by atoms with Crippen LogP contribution in [0.25, 0.3) is 0 Å². The van der Waals surface area contributed by atoms with Gasteiger partial charge in [-0.15, -0.1) is 0 Å². The van der Waals surface area contributed by atoms with Gasteiger partial charge in [0.2, 0.25) is 6.10 Å². The highest BCUT2D eigenvalue weighted by Gasteiger charge is 2.28. The highest BCUT2D eigenvalue weighted by atomic mass is 16.6. The van der Waals surface area contributed by atoms with Crippen molar-refractivity contribution in [3.8, 4) is 11.5 Å². The summed E-state index contributed by atoms with van der Waals surface area (Å²) >= 11 is 0. The van der Waals surface area contributed by atoms with Crippen LogP contribution in [0.2, 0.25) is 0 Å². The maximum absolute atomic E-state index is 11.3. The molecule has 0 saturated carbocycles. The van der Waals surface area contributed by atoms with Crippen LogP contribution in [0.15, 0.2) is 18.2 Å². The molecule has 1 aliphatic rings. The molecule has 1 heterocycles. The van der Waals surface area contributed by atoms with Crippen LogP contribution in [-0.2, 0) is 20.7 Å². The van der Waals surface area contributed by atoms with Crippen molar-refractivity contribution in [3.63, 3.8) is 0 Å². The third-order valence-corrected chi connectivity index (χ3v) is 2.58. The molecule has 0 saturated heterocycles. The lowest BCUT2D eigenvalue weighted by molar-refractivity contribution is -0.151. The highest BCUT2D eigenvalue weighted by Crippen LogP contribution is 2.32. The van der Waals surface area contributed by atoms with Crippen molar-refractivity contribution in [1.82, 2.24) is 0 Å². The van der Waals surface area contributed by atoms with E-state index in [1.165, 1.54) is 14.0 Å². The van der Waals surface area contributed by atoms with Crippen molar-refractivity contribution < 1.29 is 23.8 Å². The molecular formula is C13H14O5. The number of hydrogen-bond acceptors (Lipinski definition) is 5. The van der Waals surface area contributed by atoms with Gasteiger partial charge in [0.05, 0.1) is 7.11 Å². The Bertz CT molecular complexity index is 480. The number of Topliss-reactive ketones (excluding diaryl/α,β-unsaturated/α-hetero) is 1. The molecule has 0 aromatic heterocycles. The second-order valence-electron chi connectivity index (χ2n) is 4.10. The standard InChI is InChI=1S/C13H14O5/c1-8(14)5-9-3-4-10-11(6-9)17-7-12(18-10)13(15)16-2/h3-4,6,12H,5,7H2,1-2H3/t12-/m1/s1. The first kappa shape index (κ1) is 12.4. The molecule has 2 rings (SSSR count). The predicted molar refractivity (Wildman–Crippen MR) is 62.8 cm³/mol. The monoisotopic (exact) mass is 250 g/mol. The fourth-order valence-corrected chi connectivity index (χ4v) is 1.76. The summed E-state index contributed by atoms with van der Waals surface area (Å²) in [5, 5.41) is 0. The normalized spacial score (nSPS) is 17.1. The summed E-state index contributed by atoms with van der Waals surface area (Å²) < 4.78 is 15.5. The van der Waals surface area contributed by atoms with Crippen LogP contribution in [0.4, 0.5) is 0 Å². The second kappa shape index (κ2) is 5.08. The van der Waals surface area contributed by atoms with Gasteiger partial charge < -0.3 is 14.2 Å². The van der Waals surface area contributed by atoms with Crippen molar-refractivity contribution in [2.75, 3.05) is 13.7 Å². The Labute approximate surface area is 105 Å². The first-order chi connectivity index (χ1) is 8.60. The van der Waals surface area contributed by atoms with Gasteiger partial charge in [-0.3, -0.25) is 4.79 Å². The molecule has 0 amide bonds. The summed E-state index contributed by atoms with van der Waals surface area (Å²) in [7, 11) is 1.30. The van der Waals surface area contributed by atoms with E-state index in [2.05, 4.69) is 4.74 Å². The summed E-state index contributed by atoms with van der Waals surface area (Å²) in [5.74, 6) is 0.658. The van der Waals surface area contributed by atoms with Crippen molar-refractivity contribution >= 4 is 11.8 Å². The van der Waals surface area contributed by atoms with Crippen molar-refractivity contribution in [1.29, 1.82) is 0 Å². The minimum absolute atomic E-state index is 0.0825. The fraction of sp³-hybridized carbons (Fsp3) is 0.385. The predicted octanol–water partition coefficient (Wildman–Crippen LogP) is 1.13. The molecule has 0 radical (unpaired) electrons. The first-order valence-electron chi connectivity index (χ1n) is 5.60. The molecule has 0 fully saturated rings. The van der Waals surface area contributed by atoms with Gasteiger partial charge in [-0.25, -0.2) is 4.79 Å². The van der Waals surface area contributed by atoms with Gasteiger partial charge in [-0.1, -0.05) is 6.07 Å². The Morgan fingerprint density at radius 3 is 2.83 bits per heavy atom. The van der Waals surface area contributed by atoms with Gasteiger partial charge in [-0.05, 0) is 24.6 Å². The van der Waals surface area contributed by atoms with Crippen LogP contribution >= 0.6 is 0 Å². The van der Waals surface area contributed by atoms with E-state index in [4.69, 9.17) is 9.47 Å². The lowest BCUT2D eigenvalue weighted by Crippen LogP contribution is -2.37. The van der Waals surface area contributed by atoms with E-state index >= 15 is 0 Å². The molecular weight excluding hydrogens is 236 g/mol. The number of rotatable bonds is 3. The first-order valence-corrected chi connectivity index (χ1v) is 5.60. The van der Waals surface area contributed by atoms with Crippen LogP contribution in [-0.4, -0.2) is 31.6 Å². The van der Waals surface area contributed by atoms with Crippen LogP contribution in [0, 0.1) is 0 Å². The number of esters is 1. The van der Waals surface area contributed by atoms with E-state index in [0.29, 0.717) is 17.9 Å². The van der Waals surface area contributed by atoms with Gasteiger partial charge in [-0.2, -0.15) is 0 Å². The fourth-order valence-electron chi connectivity index (χ4n) is 1.76. The van der Waals surface area contributed by atoms with E-state index in [9.17, 15) is 9.59 Å². The highest BCUT2D eigenvalue weighted by molar-refractivity contribution is 5.78. The molecule has 0 spiro atoms. The Morgan fingerprint density at radius 1 is 1.39 bits per heavy atom. The second-order valence-corrected chi connectivity index (χ2v) is 4.10. The van der Waals surface area contributed by atoms with Gasteiger partial charge in [0.15, 0.2) is 11.5 Å². The smallest absolute Gasteiger partial charge is 0.350 e. The molecule has 0 N–H and O–H groups in total. The van der Waals surface area contributed by atoms with E-state index in [1.54, 1.807) is 18.2 Å². The van der Waals surface area contributed by atoms with Crippen molar-refractivity contribution in [3.05, 3.63) is 23.8 Å². The number of carbonyl (C=O) groups is 2. The lowest BCUT2D eigenvalue weighted by atomic mass is 10.1. The molecule has 5 nitrogen and oxygen atoms in total. The number of hydrogen-bond donors (Lipinski definition) is 0. The van der Waals surface area contributed by atoms with Crippen LogP contribution in [0.1, 0.15) is 12.5 Å². The number of ketones is 1. The Morgan fingerprint density at radius 2 is 2.17 bits per heavy atom. The topological polar surface area (TPSA) is 61.8 Å². The summed E-state index contributed by atoms with van der Waals surface area (Å²) in [6, 6.07) is 5.23. The third kappa shape index (κ3) is 2.61. The average molecular weight is 250 g/mol. The number of carbonyl (C=O) groups excluding carboxylic acids is 2. The van der Waals surface area contributed by atoms with Gasteiger partial charge in [0, 0.05) is 6.42 Å². The average Bonchev–Trinajstić information content (AvgIpc) is 2.36. The Kier molecular flexibility index (Phi) is 3.50. The van der Waals surface area contributed by atoms with E-state index in [0.717, 1.165) is 5.56 Å². The summed E-state index contributed by atoms with van der Waals surface area (Å²) in [4.78, 5) is 22.3. The maximum Gasteiger partial charge on any atom is 0.350 e. The zero-order valence-corrected chi connectivity index (χ0v) is 10.3. The molecule has 1 aromatic rings. The number of methoxy groups -OCH3 is 1. The van der Waals surface area contributed by atoms with Gasteiger partial charge >= 0.3 is 5.97 Å². The number of fused-ring (bicyclic) bond motifs is 1. The number of ether oxygens (including phenoxy) is 3. The van der Waals surface area contributed by atoms with Gasteiger partial charge in [0.25, 0.3) is 0 Å². The molecule has 5 heteroatoms. The molecule has 96 valence electrons. The van der Waals surface area contributed by atoms with Crippen molar-refractivity contribution in [2.45, 2.75) is 19.4 Å². The van der Waals surface area contributed by atoms with E-state index in [-0.39, 0.29) is 12.4 Å². The largest absolute Gasteiger partial charge is 0.485 e. The molecule has 0 aliphatic carbocycles. The maximum atomic E-state index is 11.3. The lowest BCUT2D eigenvalue weighted by Gasteiger charge is -2.25. The molecule has 1 aliphatic heterocycles. The summed E-state index contributed by atoms with van der Waals surface area (Å²) in [6.45, 7) is 1.65. The minimum Gasteiger partial charge on any atom is -0.485 e. The van der Waals surface area contributed by atoms with Gasteiger partial charge in [0.1, 0.15) is 12.4 Å². The van der Waals surface area contributed by atoms with E-state index in [1.807, 2.05) is 0 Å². The Hall–Kier alpha value is -2.04. The molecule has 1 atom stereocenters. The summed E-state index contributed by atoms with van der Waals surface area (Å²) in [5.41, 5.74) is 0.862. The minimum atomic E-state index is -0.735. The molecule has 0 unspecified atom stereocenters. The van der Waals surface area contributed by atoms with Crippen LogP contribution in [0.3, 0.4) is 0 Å². The van der Waals surface area contributed by atoms with Crippen LogP contribution in [0.5, 0.6) is 11.5 Å². The zero-order chi connectivity index (χ0) is 13.1. The molecule has 18 heavy (non-hydrogen) atoms. The third-order valence-electron chi connectivity index (χ3n) is 2.58. The van der Waals surface area contributed by atoms with Crippen molar-refractivity contribution in [2.24, 2.45) is 0 Å². The quantitative estimate of drug-likeness (QED) is 0.752. The van der Waals surface area contributed by atoms with E-state index < -0.39 is 12.1 Å². The summed E-state index contributed by atoms with van der Waals surface area (Å²) in [6.07, 6.45) is -0.377. The zero-order valence-electron chi connectivity index (χ0n) is 10.3. The molecule has 1 aromatic carbocycles. The number of benzene rings is 1. The SMILES string of the molecule is COC(=O)[C@H]1COc2cc(CC(C)=O)ccc2O1.